The molecule has 0 amide bonds. The van der Waals surface area contributed by atoms with Crippen LogP contribution in [0.15, 0.2) is 0 Å². The monoisotopic (exact) mass is 166 g/mol. The first kappa shape index (κ1) is 8.28. The van der Waals surface area contributed by atoms with E-state index in [9.17, 15) is 4.79 Å². The smallest absolute Gasteiger partial charge is 0.139 e. The summed E-state index contributed by atoms with van der Waals surface area (Å²) in [7, 11) is 0. The highest BCUT2D eigenvalue weighted by Crippen LogP contribution is 2.49. The summed E-state index contributed by atoms with van der Waals surface area (Å²) in [6, 6.07) is 0. The normalized spacial score (nSPS) is 42.4. The highest BCUT2D eigenvalue weighted by Gasteiger charge is 2.46. The van der Waals surface area contributed by atoms with Crippen LogP contribution in [0, 0.1) is 11.3 Å². The number of carbonyl (C=O) groups is 1. The quantitative estimate of drug-likeness (QED) is 0.540. The third-order valence-electron chi connectivity index (χ3n) is 4.04. The van der Waals surface area contributed by atoms with Crippen molar-refractivity contribution >= 4 is 5.78 Å². The van der Waals surface area contributed by atoms with Gasteiger partial charge >= 0.3 is 0 Å². The highest BCUT2D eigenvalue weighted by molar-refractivity contribution is 5.87. The van der Waals surface area contributed by atoms with Crippen molar-refractivity contribution in [2.75, 3.05) is 0 Å². The van der Waals surface area contributed by atoms with Crippen LogP contribution in [0.5, 0.6) is 0 Å². The van der Waals surface area contributed by atoms with Gasteiger partial charge in [-0.1, -0.05) is 19.8 Å². The number of hydrogen-bond donors (Lipinski definition) is 0. The second-order valence-electron chi connectivity index (χ2n) is 4.58. The zero-order valence-electron chi connectivity index (χ0n) is 7.94. The zero-order valence-corrected chi connectivity index (χ0v) is 7.94. The summed E-state index contributed by atoms with van der Waals surface area (Å²) >= 11 is 0. The van der Waals surface area contributed by atoms with E-state index in [4.69, 9.17) is 0 Å². The Morgan fingerprint density at radius 3 is 2.58 bits per heavy atom. The van der Waals surface area contributed by atoms with Gasteiger partial charge in [-0.15, -0.1) is 0 Å². The van der Waals surface area contributed by atoms with E-state index < -0.39 is 0 Å². The SMILES string of the molecule is C[C@H]1CCCCC12CCCC2=O. The maximum Gasteiger partial charge on any atom is 0.139 e. The van der Waals surface area contributed by atoms with Gasteiger partial charge in [-0.05, 0) is 31.6 Å². The van der Waals surface area contributed by atoms with Gasteiger partial charge in [0.2, 0.25) is 0 Å². The zero-order chi connectivity index (χ0) is 8.60. The van der Waals surface area contributed by atoms with Crippen molar-refractivity contribution in [3.05, 3.63) is 0 Å². The fraction of sp³-hybridized carbons (Fsp3) is 0.909. The van der Waals surface area contributed by atoms with Crippen LogP contribution >= 0.6 is 0 Å². The van der Waals surface area contributed by atoms with Crippen LogP contribution in [-0.4, -0.2) is 5.78 Å². The molecule has 2 fully saturated rings. The van der Waals surface area contributed by atoms with Gasteiger partial charge in [-0.25, -0.2) is 0 Å². The third kappa shape index (κ3) is 1.02. The minimum absolute atomic E-state index is 0.151. The van der Waals surface area contributed by atoms with Crippen molar-refractivity contribution < 1.29 is 4.79 Å². The van der Waals surface area contributed by atoms with Gasteiger partial charge in [0.15, 0.2) is 0 Å². The second kappa shape index (κ2) is 2.86. The number of rotatable bonds is 0. The van der Waals surface area contributed by atoms with E-state index in [0.29, 0.717) is 11.7 Å². The van der Waals surface area contributed by atoms with E-state index in [1.54, 1.807) is 0 Å². The van der Waals surface area contributed by atoms with Gasteiger partial charge in [-0.3, -0.25) is 4.79 Å². The van der Waals surface area contributed by atoms with Gasteiger partial charge in [0.25, 0.3) is 0 Å². The topological polar surface area (TPSA) is 17.1 Å². The Morgan fingerprint density at radius 1 is 1.25 bits per heavy atom. The maximum absolute atomic E-state index is 11.8. The molecular formula is C11H18O. The predicted octanol–water partition coefficient (Wildman–Crippen LogP) is 2.94. The molecule has 0 heterocycles. The minimum Gasteiger partial charge on any atom is -0.299 e. The number of carbonyl (C=O) groups excluding carboxylic acids is 1. The third-order valence-corrected chi connectivity index (χ3v) is 4.04. The molecule has 2 aliphatic rings. The minimum atomic E-state index is 0.151. The van der Waals surface area contributed by atoms with Crippen LogP contribution in [0.2, 0.25) is 0 Å². The lowest BCUT2D eigenvalue weighted by Gasteiger charge is -2.38. The Bertz CT molecular complexity index is 197. The van der Waals surface area contributed by atoms with Crippen molar-refractivity contribution in [1.29, 1.82) is 0 Å². The van der Waals surface area contributed by atoms with Gasteiger partial charge < -0.3 is 0 Å². The summed E-state index contributed by atoms with van der Waals surface area (Å²) in [5.74, 6) is 1.25. The van der Waals surface area contributed by atoms with Crippen LogP contribution in [0.25, 0.3) is 0 Å². The highest BCUT2D eigenvalue weighted by atomic mass is 16.1. The van der Waals surface area contributed by atoms with Crippen molar-refractivity contribution in [3.63, 3.8) is 0 Å². The van der Waals surface area contributed by atoms with Crippen LogP contribution < -0.4 is 0 Å². The Balaban J connectivity index is 2.21. The van der Waals surface area contributed by atoms with Gasteiger partial charge in [-0.2, -0.15) is 0 Å². The molecule has 1 spiro atoms. The van der Waals surface area contributed by atoms with Crippen LogP contribution in [0.4, 0.5) is 0 Å². The van der Waals surface area contributed by atoms with Crippen LogP contribution in [0.1, 0.15) is 51.9 Å². The summed E-state index contributed by atoms with van der Waals surface area (Å²) < 4.78 is 0. The van der Waals surface area contributed by atoms with E-state index in [-0.39, 0.29) is 5.41 Å². The van der Waals surface area contributed by atoms with Crippen LogP contribution in [-0.2, 0) is 4.79 Å². The molecular weight excluding hydrogens is 148 g/mol. The molecule has 2 rings (SSSR count). The predicted molar refractivity (Wildman–Crippen MR) is 48.9 cm³/mol. The number of ketones is 1. The second-order valence-corrected chi connectivity index (χ2v) is 4.58. The summed E-state index contributed by atoms with van der Waals surface area (Å²) in [5.41, 5.74) is 0.151. The fourth-order valence-electron chi connectivity index (χ4n) is 3.15. The Hall–Kier alpha value is -0.330. The van der Waals surface area contributed by atoms with E-state index in [1.807, 2.05) is 0 Å². The molecule has 0 bridgehead atoms. The summed E-state index contributed by atoms with van der Waals surface area (Å²) in [6.07, 6.45) is 8.31. The lowest BCUT2D eigenvalue weighted by Crippen LogP contribution is -2.35. The van der Waals surface area contributed by atoms with Crippen LogP contribution in [0.3, 0.4) is 0 Å². The lowest BCUT2D eigenvalue weighted by molar-refractivity contribution is -0.130. The molecule has 2 atom stereocenters. The Kier molecular flexibility index (Phi) is 1.97. The summed E-state index contributed by atoms with van der Waals surface area (Å²) in [4.78, 5) is 11.8. The lowest BCUT2D eigenvalue weighted by atomic mass is 9.65. The Morgan fingerprint density at radius 2 is 2.00 bits per heavy atom. The van der Waals surface area contributed by atoms with E-state index in [2.05, 4.69) is 6.92 Å². The summed E-state index contributed by atoms with van der Waals surface area (Å²) in [5, 5.41) is 0. The number of hydrogen-bond acceptors (Lipinski definition) is 1. The van der Waals surface area contributed by atoms with E-state index >= 15 is 0 Å². The van der Waals surface area contributed by atoms with Crippen molar-refractivity contribution in [1.82, 2.24) is 0 Å². The first-order chi connectivity index (χ1) is 5.76. The molecule has 0 saturated heterocycles. The summed E-state index contributed by atoms with van der Waals surface area (Å²) in [6.45, 7) is 2.28. The number of Topliss-reactive ketones (excluding diaryl/α,β-unsaturated/α-hetero) is 1. The van der Waals surface area contributed by atoms with Gasteiger partial charge in [0, 0.05) is 11.8 Å². The molecule has 0 aromatic carbocycles. The molecule has 0 aromatic heterocycles. The first-order valence-electron chi connectivity index (χ1n) is 5.29. The van der Waals surface area contributed by atoms with Crippen molar-refractivity contribution in [3.8, 4) is 0 Å². The Labute approximate surface area is 74.5 Å². The van der Waals surface area contributed by atoms with Crippen molar-refractivity contribution in [2.24, 2.45) is 11.3 Å². The fourth-order valence-corrected chi connectivity index (χ4v) is 3.15. The average Bonchev–Trinajstić information content (AvgIpc) is 2.41. The molecule has 12 heavy (non-hydrogen) atoms. The molecule has 68 valence electrons. The first-order valence-corrected chi connectivity index (χ1v) is 5.29. The van der Waals surface area contributed by atoms with E-state index in [0.717, 1.165) is 12.8 Å². The molecule has 1 unspecified atom stereocenters. The maximum atomic E-state index is 11.8. The standard InChI is InChI=1S/C11H18O/c1-9-5-2-3-7-11(9)8-4-6-10(11)12/h9H,2-8H2,1H3/t9-,11?/m0/s1. The largest absolute Gasteiger partial charge is 0.299 e. The molecule has 0 radical (unpaired) electrons. The van der Waals surface area contributed by atoms with E-state index in [1.165, 1.54) is 32.1 Å². The molecule has 0 N–H and O–H groups in total. The molecule has 2 saturated carbocycles. The molecule has 0 aliphatic heterocycles. The van der Waals surface area contributed by atoms with Crippen molar-refractivity contribution in [2.45, 2.75) is 51.9 Å². The molecule has 1 nitrogen and oxygen atoms in total. The average molecular weight is 166 g/mol. The molecule has 0 aromatic rings. The molecule has 2 aliphatic carbocycles. The van der Waals surface area contributed by atoms with Gasteiger partial charge in [0.1, 0.15) is 5.78 Å². The molecule has 1 heteroatoms. The van der Waals surface area contributed by atoms with Gasteiger partial charge in [0.05, 0.1) is 0 Å².